The fourth-order valence-corrected chi connectivity index (χ4v) is 3.63. The van der Waals surface area contributed by atoms with Gasteiger partial charge in [0.2, 0.25) is 0 Å². The fraction of sp³-hybridized carbons (Fsp3) is 0.647. The molecule has 1 atom stereocenters. The average molecular weight is 284 g/mol. The molecule has 112 valence electrons. The number of fused-ring (bicyclic) bond motifs is 1. The molecule has 0 N–H and O–H groups in total. The molecule has 2 aliphatic rings. The Morgan fingerprint density at radius 3 is 2.95 bits per heavy atom. The predicted octanol–water partition coefficient (Wildman–Crippen LogP) is 2.36. The molecule has 4 nitrogen and oxygen atoms in total. The van der Waals surface area contributed by atoms with E-state index < -0.39 is 0 Å². The summed E-state index contributed by atoms with van der Waals surface area (Å²) in [6, 6.07) is 4.93. The zero-order chi connectivity index (χ0) is 14.8. The Labute approximate surface area is 127 Å². The lowest BCUT2D eigenvalue weighted by atomic mass is 10.1. The van der Waals surface area contributed by atoms with E-state index in [9.17, 15) is 5.26 Å². The minimum Gasteiger partial charge on any atom is -0.351 e. The van der Waals surface area contributed by atoms with Crippen molar-refractivity contribution < 1.29 is 0 Å². The molecule has 1 aliphatic heterocycles. The van der Waals surface area contributed by atoms with Crippen molar-refractivity contribution in [2.24, 2.45) is 0 Å². The van der Waals surface area contributed by atoms with Crippen LogP contribution in [0.1, 0.15) is 43.0 Å². The van der Waals surface area contributed by atoms with Gasteiger partial charge in [-0.15, -0.1) is 0 Å². The lowest BCUT2D eigenvalue weighted by Crippen LogP contribution is -2.40. The second kappa shape index (κ2) is 6.03. The minimum absolute atomic E-state index is 0.455. The van der Waals surface area contributed by atoms with Crippen molar-refractivity contribution in [2.75, 3.05) is 31.6 Å². The molecule has 0 spiro atoms. The number of pyridine rings is 1. The number of nitriles is 1. The molecule has 0 radical (unpaired) electrons. The molecule has 4 heteroatoms. The Kier molecular flexibility index (Phi) is 4.12. The van der Waals surface area contributed by atoms with Gasteiger partial charge in [0.15, 0.2) is 0 Å². The highest BCUT2D eigenvalue weighted by atomic mass is 15.3. The van der Waals surface area contributed by atoms with Gasteiger partial charge < -0.3 is 9.80 Å². The van der Waals surface area contributed by atoms with Gasteiger partial charge in [-0.25, -0.2) is 4.98 Å². The van der Waals surface area contributed by atoms with E-state index in [0.29, 0.717) is 6.04 Å². The Balaban J connectivity index is 1.99. The summed E-state index contributed by atoms with van der Waals surface area (Å²) in [5.41, 5.74) is 3.27. The Morgan fingerprint density at radius 1 is 1.33 bits per heavy atom. The second-order valence-electron chi connectivity index (χ2n) is 6.30. The molecule has 1 aromatic heterocycles. The number of likely N-dealkylation sites (N-methyl/N-ethyl adjacent to an activating group) is 1. The Bertz CT molecular complexity index is 561. The SMILES string of the molecule is CCC1CN(C)CCCN1c1nc2c(cc1C#N)CCC2. The molecule has 1 aliphatic carbocycles. The van der Waals surface area contributed by atoms with Gasteiger partial charge in [-0.1, -0.05) is 6.92 Å². The van der Waals surface area contributed by atoms with E-state index in [4.69, 9.17) is 4.98 Å². The van der Waals surface area contributed by atoms with Crippen molar-refractivity contribution in [3.05, 3.63) is 22.9 Å². The minimum atomic E-state index is 0.455. The van der Waals surface area contributed by atoms with Gasteiger partial charge in [0, 0.05) is 24.8 Å². The van der Waals surface area contributed by atoms with E-state index in [2.05, 4.69) is 35.9 Å². The quantitative estimate of drug-likeness (QED) is 0.836. The van der Waals surface area contributed by atoms with Crippen LogP contribution >= 0.6 is 0 Å². The first-order valence-corrected chi connectivity index (χ1v) is 8.11. The molecule has 0 aromatic carbocycles. The molecule has 3 rings (SSSR count). The molecule has 0 amide bonds. The van der Waals surface area contributed by atoms with Gasteiger partial charge in [0.1, 0.15) is 11.9 Å². The molecule has 21 heavy (non-hydrogen) atoms. The van der Waals surface area contributed by atoms with Gasteiger partial charge in [0.05, 0.1) is 5.56 Å². The van der Waals surface area contributed by atoms with E-state index in [-0.39, 0.29) is 0 Å². The standard InChI is InChI=1S/C17H24N4/c1-3-15-12-20(2)8-5-9-21(15)17-14(11-18)10-13-6-4-7-16(13)19-17/h10,15H,3-9,12H2,1-2H3. The van der Waals surface area contributed by atoms with Gasteiger partial charge in [0.25, 0.3) is 0 Å². The van der Waals surface area contributed by atoms with Crippen LogP contribution in [0.15, 0.2) is 6.07 Å². The van der Waals surface area contributed by atoms with Crippen molar-refractivity contribution >= 4 is 5.82 Å². The maximum Gasteiger partial charge on any atom is 0.147 e. The maximum atomic E-state index is 9.53. The zero-order valence-electron chi connectivity index (χ0n) is 13.1. The van der Waals surface area contributed by atoms with Crippen LogP contribution in [0.2, 0.25) is 0 Å². The largest absolute Gasteiger partial charge is 0.351 e. The van der Waals surface area contributed by atoms with Crippen molar-refractivity contribution in [3.8, 4) is 6.07 Å². The van der Waals surface area contributed by atoms with Crippen LogP contribution in [0.4, 0.5) is 5.82 Å². The van der Waals surface area contributed by atoms with Crippen LogP contribution in [-0.2, 0) is 12.8 Å². The third-order valence-electron chi connectivity index (χ3n) is 4.80. The van der Waals surface area contributed by atoms with Crippen molar-refractivity contribution in [1.82, 2.24) is 9.88 Å². The second-order valence-corrected chi connectivity index (χ2v) is 6.30. The van der Waals surface area contributed by atoms with Crippen LogP contribution in [0.5, 0.6) is 0 Å². The molecule has 1 saturated heterocycles. The van der Waals surface area contributed by atoms with Crippen LogP contribution in [0, 0.1) is 11.3 Å². The molecule has 2 heterocycles. The third kappa shape index (κ3) is 2.75. The first-order chi connectivity index (χ1) is 10.2. The lowest BCUT2D eigenvalue weighted by molar-refractivity contribution is 0.327. The molecule has 1 aromatic rings. The fourth-order valence-electron chi connectivity index (χ4n) is 3.63. The first-order valence-electron chi connectivity index (χ1n) is 8.11. The average Bonchev–Trinajstić information content (AvgIpc) is 2.87. The highest BCUT2D eigenvalue weighted by Crippen LogP contribution is 2.29. The topological polar surface area (TPSA) is 43.2 Å². The number of hydrogen-bond acceptors (Lipinski definition) is 4. The smallest absolute Gasteiger partial charge is 0.147 e. The number of nitrogens with zero attached hydrogens (tertiary/aromatic N) is 4. The Hall–Kier alpha value is -1.60. The molecule has 1 unspecified atom stereocenters. The van der Waals surface area contributed by atoms with Crippen molar-refractivity contribution in [3.63, 3.8) is 0 Å². The van der Waals surface area contributed by atoms with E-state index in [0.717, 1.165) is 56.7 Å². The number of aryl methyl sites for hydroxylation is 2. The van der Waals surface area contributed by atoms with E-state index >= 15 is 0 Å². The monoisotopic (exact) mass is 284 g/mol. The van der Waals surface area contributed by atoms with Crippen LogP contribution in [0.3, 0.4) is 0 Å². The van der Waals surface area contributed by atoms with Gasteiger partial charge in [-0.05, 0) is 57.3 Å². The van der Waals surface area contributed by atoms with Crippen molar-refractivity contribution in [1.29, 1.82) is 5.26 Å². The van der Waals surface area contributed by atoms with Crippen LogP contribution in [0.25, 0.3) is 0 Å². The molecule has 1 fully saturated rings. The van der Waals surface area contributed by atoms with Crippen LogP contribution in [-0.4, -0.2) is 42.6 Å². The highest BCUT2D eigenvalue weighted by Gasteiger charge is 2.27. The summed E-state index contributed by atoms with van der Waals surface area (Å²) in [5.74, 6) is 0.931. The first kappa shape index (κ1) is 14.3. The van der Waals surface area contributed by atoms with Gasteiger partial charge in [-0.2, -0.15) is 5.26 Å². The van der Waals surface area contributed by atoms with E-state index in [1.165, 1.54) is 17.7 Å². The summed E-state index contributed by atoms with van der Waals surface area (Å²) < 4.78 is 0. The third-order valence-corrected chi connectivity index (χ3v) is 4.80. The summed E-state index contributed by atoms with van der Waals surface area (Å²) in [7, 11) is 2.19. The molecular weight excluding hydrogens is 260 g/mol. The summed E-state index contributed by atoms with van der Waals surface area (Å²) in [4.78, 5) is 9.68. The molecular formula is C17H24N4. The van der Waals surface area contributed by atoms with E-state index in [1.807, 2.05) is 0 Å². The van der Waals surface area contributed by atoms with Crippen molar-refractivity contribution in [2.45, 2.75) is 45.1 Å². The number of aromatic nitrogens is 1. The summed E-state index contributed by atoms with van der Waals surface area (Å²) in [6.07, 6.45) is 5.55. The predicted molar refractivity (Wildman–Crippen MR) is 84.5 cm³/mol. The normalized spacial score (nSPS) is 22.7. The number of rotatable bonds is 2. The summed E-state index contributed by atoms with van der Waals surface area (Å²) in [6.45, 7) is 5.42. The van der Waals surface area contributed by atoms with E-state index in [1.54, 1.807) is 0 Å². The summed E-state index contributed by atoms with van der Waals surface area (Å²) >= 11 is 0. The van der Waals surface area contributed by atoms with Crippen LogP contribution < -0.4 is 4.90 Å². The van der Waals surface area contributed by atoms with Gasteiger partial charge >= 0.3 is 0 Å². The zero-order valence-corrected chi connectivity index (χ0v) is 13.1. The summed E-state index contributed by atoms with van der Waals surface area (Å²) in [5, 5.41) is 9.53. The maximum absolute atomic E-state index is 9.53. The molecule has 0 saturated carbocycles. The number of hydrogen-bond donors (Lipinski definition) is 0. The highest BCUT2D eigenvalue weighted by molar-refractivity contribution is 5.57. The van der Waals surface area contributed by atoms with Gasteiger partial charge in [-0.3, -0.25) is 0 Å². The lowest BCUT2D eigenvalue weighted by Gasteiger charge is -2.32. The number of anilines is 1. The Morgan fingerprint density at radius 2 is 2.19 bits per heavy atom. The molecule has 0 bridgehead atoms.